The number of carbonyl (C=O) groups is 1. The van der Waals surface area contributed by atoms with E-state index in [-0.39, 0.29) is 48.7 Å². The van der Waals surface area contributed by atoms with E-state index in [1.54, 1.807) is 6.20 Å². The largest absolute Gasteiger partial charge is 0.343 e. The van der Waals surface area contributed by atoms with Crippen molar-refractivity contribution in [1.82, 2.24) is 10.3 Å². The Balaban J connectivity index is 0.00000140. The minimum atomic E-state index is -0.208. The Hall–Kier alpha value is -1.62. The van der Waals surface area contributed by atoms with Crippen LogP contribution in [-0.2, 0) is 4.79 Å². The molecule has 2 bridgehead atoms. The highest BCUT2D eigenvalue weighted by molar-refractivity contribution is 5.85. The molecule has 1 aromatic carbocycles. The molecule has 152 valence electrons. The second kappa shape index (κ2) is 10.2. The summed E-state index contributed by atoms with van der Waals surface area (Å²) in [6.07, 6.45) is 7.23. The van der Waals surface area contributed by atoms with Gasteiger partial charge in [-0.3, -0.25) is 9.78 Å². The highest BCUT2D eigenvalue weighted by Crippen LogP contribution is 2.42. The van der Waals surface area contributed by atoms with E-state index >= 15 is 0 Å². The summed E-state index contributed by atoms with van der Waals surface area (Å²) in [7, 11) is 0. The van der Waals surface area contributed by atoms with Crippen LogP contribution in [0.15, 0.2) is 54.7 Å². The van der Waals surface area contributed by atoms with Crippen molar-refractivity contribution >= 4 is 30.7 Å². The number of aromatic nitrogens is 1. The van der Waals surface area contributed by atoms with Crippen LogP contribution in [0.4, 0.5) is 0 Å². The first-order valence-corrected chi connectivity index (χ1v) is 9.74. The maximum Gasteiger partial charge on any atom is 0.223 e. The fourth-order valence-electron chi connectivity index (χ4n) is 4.78. The van der Waals surface area contributed by atoms with E-state index in [2.05, 4.69) is 10.3 Å². The molecule has 0 aliphatic heterocycles. The first-order chi connectivity index (χ1) is 12.7. The second-order valence-electron chi connectivity index (χ2n) is 7.80. The molecule has 3 unspecified atom stereocenters. The zero-order valence-electron chi connectivity index (χ0n) is 15.9. The van der Waals surface area contributed by atoms with E-state index in [0.717, 1.165) is 24.1 Å². The number of fused-ring (bicyclic) bond motifs is 2. The first-order valence-electron chi connectivity index (χ1n) is 9.74. The number of nitrogens with one attached hydrogen (secondary N) is 1. The third-order valence-electron chi connectivity index (χ3n) is 6.19. The molecule has 4 rings (SSSR count). The summed E-state index contributed by atoms with van der Waals surface area (Å²) in [6, 6.07) is 16.0. The highest BCUT2D eigenvalue weighted by Gasteiger charge is 2.41. The van der Waals surface area contributed by atoms with E-state index in [1.165, 1.54) is 19.3 Å². The van der Waals surface area contributed by atoms with E-state index in [1.807, 2.05) is 48.5 Å². The third-order valence-corrected chi connectivity index (χ3v) is 6.19. The Morgan fingerprint density at radius 2 is 1.64 bits per heavy atom. The molecule has 1 aromatic heterocycles. The van der Waals surface area contributed by atoms with E-state index < -0.39 is 0 Å². The predicted octanol–water partition coefficient (Wildman–Crippen LogP) is 4.28. The molecule has 2 aliphatic carbocycles. The summed E-state index contributed by atoms with van der Waals surface area (Å²) in [5, 5.41) is 3.28. The maximum atomic E-state index is 13.1. The molecule has 2 aromatic rings. The average molecular weight is 422 g/mol. The number of nitrogens with zero attached hydrogens (tertiary/aromatic N) is 1. The van der Waals surface area contributed by atoms with Crippen molar-refractivity contribution in [3.05, 3.63) is 66.0 Å². The summed E-state index contributed by atoms with van der Waals surface area (Å²) in [6.45, 7) is 0. The number of rotatable bonds is 4. The molecule has 0 spiro atoms. The Morgan fingerprint density at radius 3 is 2.25 bits per heavy atom. The Labute approximate surface area is 179 Å². The summed E-state index contributed by atoms with van der Waals surface area (Å²) in [5.74, 6) is 1.22. The van der Waals surface area contributed by atoms with Gasteiger partial charge in [-0.25, -0.2) is 0 Å². The van der Waals surface area contributed by atoms with Crippen LogP contribution in [0.3, 0.4) is 0 Å². The molecule has 28 heavy (non-hydrogen) atoms. The molecule has 3 atom stereocenters. The summed E-state index contributed by atoms with van der Waals surface area (Å²) >= 11 is 0. The van der Waals surface area contributed by atoms with Gasteiger partial charge in [-0.2, -0.15) is 0 Å². The van der Waals surface area contributed by atoms with Crippen molar-refractivity contribution in [1.29, 1.82) is 0 Å². The lowest BCUT2D eigenvalue weighted by molar-refractivity contribution is -0.128. The number of pyridine rings is 1. The van der Waals surface area contributed by atoms with Gasteiger partial charge in [-0.15, -0.1) is 24.8 Å². The normalized spacial score (nSPS) is 26.9. The lowest BCUT2D eigenvalue weighted by atomic mass is 9.65. The van der Waals surface area contributed by atoms with Crippen molar-refractivity contribution < 1.29 is 4.79 Å². The molecule has 3 N–H and O–H groups in total. The Kier molecular flexibility index (Phi) is 8.29. The van der Waals surface area contributed by atoms with Gasteiger partial charge in [0.2, 0.25) is 5.91 Å². The average Bonchev–Trinajstić information content (AvgIpc) is 2.67. The molecule has 6 heteroatoms. The van der Waals surface area contributed by atoms with Crippen LogP contribution in [0.25, 0.3) is 0 Å². The van der Waals surface area contributed by atoms with Gasteiger partial charge in [0.15, 0.2) is 0 Å². The molecule has 2 saturated carbocycles. The summed E-state index contributed by atoms with van der Waals surface area (Å²) < 4.78 is 0. The summed E-state index contributed by atoms with van der Waals surface area (Å²) in [4.78, 5) is 17.6. The van der Waals surface area contributed by atoms with Crippen molar-refractivity contribution in [3.63, 3.8) is 0 Å². The molecule has 4 nitrogen and oxygen atoms in total. The highest BCUT2D eigenvalue weighted by atomic mass is 35.5. The van der Waals surface area contributed by atoms with Crippen LogP contribution >= 0.6 is 24.8 Å². The van der Waals surface area contributed by atoms with Crippen LogP contribution < -0.4 is 11.1 Å². The van der Waals surface area contributed by atoms with E-state index in [4.69, 9.17) is 5.73 Å². The van der Waals surface area contributed by atoms with Crippen molar-refractivity contribution in [3.8, 4) is 0 Å². The van der Waals surface area contributed by atoms with E-state index in [0.29, 0.717) is 11.8 Å². The summed E-state index contributed by atoms with van der Waals surface area (Å²) in [5.41, 5.74) is 8.33. The monoisotopic (exact) mass is 421 g/mol. The van der Waals surface area contributed by atoms with Gasteiger partial charge in [0.25, 0.3) is 0 Å². The maximum absolute atomic E-state index is 13.1. The zero-order valence-corrected chi connectivity index (χ0v) is 17.5. The zero-order chi connectivity index (χ0) is 17.9. The van der Waals surface area contributed by atoms with Gasteiger partial charge in [0.1, 0.15) is 0 Å². The van der Waals surface area contributed by atoms with Crippen LogP contribution in [-0.4, -0.2) is 16.9 Å². The Morgan fingerprint density at radius 1 is 1.00 bits per heavy atom. The number of hydrogen-bond donors (Lipinski definition) is 2. The number of hydrogen-bond acceptors (Lipinski definition) is 3. The van der Waals surface area contributed by atoms with Gasteiger partial charge >= 0.3 is 0 Å². The first kappa shape index (κ1) is 22.7. The van der Waals surface area contributed by atoms with Crippen molar-refractivity contribution in [2.24, 2.45) is 23.5 Å². The van der Waals surface area contributed by atoms with Gasteiger partial charge in [0.05, 0.1) is 11.7 Å². The van der Waals surface area contributed by atoms with Gasteiger partial charge < -0.3 is 11.1 Å². The van der Waals surface area contributed by atoms with Gasteiger partial charge in [-0.1, -0.05) is 42.8 Å². The predicted molar refractivity (Wildman–Crippen MR) is 117 cm³/mol. The van der Waals surface area contributed by atoms with Crippen molar-refractivity contribution in [2.45, 2.75) is 44.2 Å². The number of nitrogens with two attached hydrogens (primary N) is 1. The van der Waals surface area contributed by atoms with Crippen LogP contribution in [0.5, 0.6) is 0 Å². The second-order valence-corrected chi connectivity index (χ2v) is 7.80. The molecular weight excluding hydrogens is 393 g/mol. The number of amides is 1. The fourth-order valence-corrected chi connectivity index (χ4v) is 4.78. The standard InChI is InChI=1S/C22H27N3O.2ClH/c23-20-16-9-6-10-17(20)14-18(13-16)22(26)25-21(15-7-2-1-3-8-15)19-11-4-5-12-24-19;;/h1-5,7-8,11-12,16-18,20-21H,6,9-10,13-14,23H2,(H,25,26);2*1H. The molecule has 1 amide bonds. The number of carbonyl (C=O) groups excluding carboxylic acids is 1. The molecule has 0 radical (unpaired) electrons. The molecule has 0 saturated heterocycles. The molecular formula is C22H29Cl2N3O. The Bertz CT molecular complexity index is 690. The number of benzene rings is 1. The minimum absolute atomic E-state index is 0. The smallest absolute Gasteiger partial charge is 0.223 e. The van der Waals surface area contributed by atoms with Gasteiger partial charge in [0, 0.05) is 18.2 Å². The van der Waals surface area contributed by atoms with Crippen molar-refractivity contribution in [2.75, 3.05) is 0 Å². The van der Waals surface area contributed by atoms with Crippen LogP contribution in [0.1, 0.15) is 49.4 Å². The third kappa shape index (κ3) is 4.86. The topological polar surface area (TPSA) is 68.0 Å². The number of halogens is 2. The SMILES string of the molecule is Cl.Cl.NC1C2CCCC1CC(C(=O)NC(c1ccccc1)c1ccccn1)C2. The lowest BCUT2D eigenvalue weighted by Crippen LogP contribution is -2.49. The fraction of sp³-hybridized carbons (Fsp3) is 0.455. The molecule has 2 fully saturated rings. The minimum Gasteiger partial charge on any atom is -0.343 e. The van der Waals surface area contributed by atoms with Crippen LogP contribution in [0.2, 0.25) is 0 Å². The lowest BCUT2D eigenvalue weighted by Gasteiger charge is -2.43. The molecule has 1 heterocycles. The van der Waals surface area contributed by atoms with E-state index in [9.17, 15) is 4.79 Å². The quantitative estimate of drug-likeness (QED) is 0.773. The van der Waals surface area contributed by atoms with Crippen LogP contribution in [0, 0.1) is 17.8 Å². The molecule has 2 aliphatic rings. The van der Waals surface area contributed by atoms with Gasteiger partial charge in [-0.05, 0) is 55.2 Å².